The minimum Gasteiger partial charge on any atom is -0.445 e. The topological polar surface area (TPSA) is 97.2 Å². The number of carbonyl (C=O) groups is 2. The van der Waals surface area contributed by atoms with E-state index in [1.54, 1.807) is 0 Å². The Morgan fingerprint density at radius 3 is 2.56 bits per heavy atom. The minimum absolute atomic E-state index is 0.0474. The third-order valence-corrected chi connectivity index (χ3v) is 11.0. The Kier molecular flexibility index (Phi) is 8.10. The zero-order chi connectivity index (χ0) is 27.8. The fourth-order valence-electron chi connectivity index (χ4n) is 8.72. The molecule has 4 aliphatic rings. The summed E-state index contributed by atoms with van der Waals surface area (Å²) < 4.78 is 5.32. The molecule has 214 valence electrons. The van der Waals surface area contributed by atoms with Crippen LogP contribution in [-0.2, 0) is 21.0 Å². The predicted octanol–water partition coefficient (Wildman–Crippen LogP) is 6.24. The number of oxime groups is 1. The molecule has 39 heavy (non-hydrogen) atoms. The summed E-state index contributed by atoms with van der Waals surface area (Å²) in [6, 6.07) is 8.60. The molecule has 0 aromatic heterocycles. The summed E-state index contributed by atoms with van der Waals surface area (Å²) in [6.45, 7) is 8.69. The maximum Gasteiger partial charge on any atom is 0.408 e. The third kappa shape index (κ3) is 5.48. The molecule has 0 radical (unpaired) electrons. The largest absolute Gasteiger partial charge is 0.445 e. The molecule has 0 unspecified atom stereocenters. The monoisotopic (exact) mass is 538 g/mol. The van der Waals surface area contributed by atoms with Gasteiger partial charge >= 0.3 is 12.1 Å². The summed E-state index contributed by atoms with van der Waals surface area (Å²) in [6.07, 6.45) is 8.91. The maximum absolute atomic E-state index is 13.0. The molecule has 0 spiro atoms. The van der Waals surface area contributed by atoms with E-state index in [2.05, 4.69) is 24.3 Å². The van der Waals surface area contributed by atoms with Crippen LogP contribution in [0.15, 0.2) is 35.5 Å². The van der Waals surface area contributed by atoms with Gasteiger partial charge in [-0.3, -0.25) is 0 Å². The lowest BCUT2D eigenvalue weighted by Gasteiger charge is -2.60. The average molecular weight is 539 g/mol. The summed E-state index contributed by atoms with van der Waals surface area (Å²) in [5, 5.41) is 17.4. The number of nitrogens with zero attached hydrogens (tertiary/aromatic N) is 1. The van der Waals surface area contributed by atoms with E-state index in [9.17, 15) is 14.7 Å². The van der Waals surface area contributed by atoms with E-state index >= 15 is 0 Å². The lowest BCUT2D eigenvalue weighted by atomic mass is 9.45. The van der Waals surface area contributed by atoms with Crippen LogP contribution in [0, 0.1) is 40.4 Å². The number of aliphatic hydroxyl groups excluding tert-OH is 1. The van der Waals surface area contributed by atoms with Crippen molar-refractivity contribution in [2.45, 2.75) is 104 Å². The second kappa shape index (κ2) is 11.2. The average Bonchev–Trinajstić information content (AvgIpc) is 3.26. The van der Waals surface area contributed by atoms with Crippen molar-refractivity contribution >= 4 is 17.8 Å². The SMILES string of the molecule is CC(C)[C@H](NC(=O)OCc1ccccc1)C(=O)O/N=C1/CC[C@H]2[C@@H]3CC[C@H]4C[C@@H](O)CC[C@]4(C)[C@H]3CC[C@]12C. The van der Waals surface area contributed by atoms with Crippen molar-refractivity contribution in [1.29, 1.82) is 0 Å². The Bertz CT molecular complexity index is 1070. The highest BCUT2D eigenvalue weighted by Crippen LogP contribution is 2.65. The summed E-state index contributed by atoms with van der Waals surface area (Å²) in [5.41, 5.74) is 2.17. The van der Waals surface area contributed by atoms with Gasteiger partial charge in [0.15, 0.2) is 0 Å². The second-order valence-corrected chi connectivity index (χ2v) is 13.5. The molecule has 7 nitrogen and oxygen atoms in total. The number of benzene rings is 1. The Morgan fingerprint density at radius 2 is 1.82 bits per heavy atom. The predicted molar refractivity (Wildman–Crippen MR) is 150 cm³/mol. The number of hydrogen-bond donors (Lipinski definition) is 2. The van der Waals surface area contributed by atoms with E-state index in [1.807, 2.05) is 44.2 Å². The highest BCUT2D eigenvalue weighted by molar-refractivity contribution is 5.93. The molecule has 4 aliphatic carbocycles. The number of alkyl carbamates (subject to hydrolysis) is 1. The van der Waals surface area contributed by atoms with Crippen LogP contribution in [0.25, 0.3) is 0 Å². The first kappa shape index (κ1) is 28.1. The van der Waals surface area contributed by atoms with E-state index in [1.165, 1.54) is 19.3 Å². The molecule has 1 amide bonds. The van der Waals surface area contributed by atoms with E-state index < -0.39 is 18.1 Å². The summed E-state index contributed by atoms with van der Waals surface area (Å²) in [4.78, 5) is 31.0. The first-order valence-corrected chi connectivity index (χ1v) is 15.1. The van der Waals surface area contributed by atoms with Crippen molar-refractivity contribution in [2.75, 3.05) is 0 Å². The molecule has 4 fully saturated rings. The Labute approximate surface area is 233 Å². The quantitative estimate of drug-likeness (QED) is 0.330. The van der Waals surface area contributed by atoms with Crippen LogP contribution < -0.4 is 5.32 Å². The Hall–Kier alpha value is -2.41. The van der Waals surface area contributed by atoms with Crippen LogP contribution in [-0.4, -0.2) is 35.0 Å². The van der Waals surface area contributed by atoms with Crippen molar-refractivity contribution in [2.24, 2.45) is 45.6 Å². The summed E-state index contributed by atoms with van der Waals surface area (Å²) >= 11 is 0. The number of fused-ring (bicyclic) bond motifs is 5. The van der Waals surface area contributed by atoms with Gasteiger partial charge in [-0.15, -0.1) is 0 Å². The number of ether oxygens (including phenoxy) is 1. The second-order valence-electron chi connectivity index (χ2n) is 13.5. The highest BCUT2D eigenvalue weighted by Gasteiger charge is 2.59. The highest BCUT2D eigenvalue weighted by atomic mass is 16.7. The van der Waals surface area contributed by atoms with Gasteiger partial charge in [-0.05, 0) is 98.4 Å². The first-order valence-electron chi connectivity index (χ1n) is 15.1. The van der Waals surface area contributed by atoms with Crippen molar-refractivity contribution < 1.29 is 24.3 Å². The van der Waals surface area contributed by atoms with Gasteiger partial charge in [0, 0.05) is 5.41 Å². The van der Waals surface area contributed by atoms with Crippen molar-refractivity contribution in [3.05, 3.63) is 35.9 Å². The van der Waals surface area contributed by atoms with E-state index in [-0.39, 0.29) is 24.0 Å². The van der Waals surface area contributed by atoms with Crippen LogP contribution in [0.1, 0.15) is 91.0 Å². The van der Waals surface area contributed by atoms with Gasteiger partial charge in [0.1, 0.15) is 12.6 Å². The molecule has 4 saturated carbocycles. The van der Waals surface area contributed by atoms with Crippen molar-refractivity contribution in [3.63, 3.8) is 0 Å². The third-order valence-electron chi connectivity index (χ3n) is 11.0. The molecule has 7 heteroatoms. The molecule has 2 N–H and O–H groups in total. The summed E-state index contributed by atoms with van der Waals surface area (Å²) in [7, 11) is 0. The minimum atomic E-state index is -0.838. The van der Waals surface area contributed by atoms with Gasteiger partial charge in [0.05, 0.1) is 11.8 Å². The van der Waals surface area contributed by atoms with Gasteiger partial charge in [0.25, 0.3) is 0 Å². The maximum atomic E-state index is 13.0. The first-order chi connectivity index (χ1) is 18.6. The van der Waals surface area contributed by atoms with Gasteiger partial charge < -0.3 is 20.0 Å². The van der Waals surface area contributed by atoms with Crippen LogP contribution in [0.3, 0.4) is 0 Å². The molecule has 0 heterocycles. The lowest BCUT2D eigenvalue weighted by molar-refractivity contribution is -0.147. The lowest BCUT2D eigenvalue weighted by Crippen LogP contribution is -2.54. The molecule has 0 saturated heterocycles. The smallest absolute Gasteiger partial charge is 0.408 e. The van der Waals surface area contributed by atoms with E-state index in [0.29, 0.717) is 29.1 Å². The van der Waals surface area contributed by atoms with Gasteiger partial charge in [-0.2, -0.15) is 0 Å². The Morgan fingerprint density at radius 1 is 1.05 bits per heavy atom. The molecule has 8 atom stereocenters. The molecule has 5 rings (SSSR count). The number of carbonyl (C=O) groups excluding carboxylic acids is 2. The Balaban J connectivity index is 1.21. The number of amides is 1. The fourth-order valence-corrected chi connectivity index (χ4v) is 8.72. The van der Waals surface area contributed by atoms with Crippen LogP contribution in [0.4, 0.5) is 4.79 Å². The standard InChI is InChI=1S/C32H46N2O5/c1-20(2)28(33-30(37)38-19-21-8-6-5-7-9-21)29(36)39-34-27-13-12-25-24-11-10-22-18-23(35)14-16-31(22,3)26(24)15-17-32(25,27)4/h5-9,20,22-26,28,35H,10-19H2,1-4H3,(H,33,37)/b34-27-/t22-,23-,24-,25-,26-,28-,31-,32-/m0/s1. The van der Waals surface area contributed by atoms with Crippen LogP contribution >= 0.6 is 0 Å². The van der Waals surface area contributed by atoms with Gasteiger partial charge in [0.2, 0.25) is 0 Å². The number of hydrogen-bond acceptors (Lipinski definition) is 6. The molecular formula is C32H46N2O5. The molecule has 0 aliphatic heterocycles. The van der Waals surface area contributed by atoms with E-state index in [0.717, 1.165) is 49.8 Å². The van der Waals surface area contributed by atoms with Crippen LogP contribution in [0.2, 0.25) is 0 Å². The van der Waals surface area contributed by atoms with Crippen molar-refractivity contribution in [3.8, 4) is 0 Å². The van der Waals surface area contributed by atoms with Gasteiger partial charge in [-0.1, -0.05) is 63.2 Å². The number of rotatable bonds is 6. The fraction of sp³-hybridized carbons (Fsp3) is 0.719. The van der Waals surface area contributed by atoms with Crippen LogP contribution in [0.5, 0.6) is 0 Å². The molecule has 1 aromatic rings. The zero-order valence-electron chi connectivity index (χ0n) is 24.0. The van der Waals surface area contributed by atoms with Crippen molar-refractivity contribution in [1.82, 2.24) is 5.32 Å². The van der Waals surface area contributed by atoms with Gasteiger partial charge in [-0.25, -0.2) is 9.59 Å². The number of aliphatic hydroxyl groups is 1. The zero-order valence-corrected chi connectivity index (χ0v) is 24.0. The molecule has 0 bridgehead atoms. The molecule has 1 aromatic carbocycles. The normalized spacial score (nSPS) is 37.4. The summed E-state index contributed by atoms with van der Waals surface area (Å²) in [5.74, 6) is 1.86. The molecular weight excluding hydrogens is 492 g/mol. The van der Waals surface area contributed by atoms with E-state index in [4.69, 9.17) is 9.57 Å². The number of nitrogens with one attached hydrogen (secondary N) is 1.